The van der Waals surface area contributed by atoms with Crippen molar-refractivity contribution in [3.8, 4) is 0 Å². The van der Waals surface area contributed by atoms with Crippen molar-refractivity contribution in [2.45, 2.75) is 37.6 Å². The van der Waals surface area contributed by atoms with Gasteiger partial charge in [0.1, 0.15) is 0 Å². The van der Waals surface area contributed by atoms with Gasteiger partial charge in [0.05, 0.1) is 4.87 Å². The first-order valence-electron chi connectivity index (χ1n) is 5.35. The molecule has 1 unspecified atom stereocenters. The maximum atomic E-state index is 3.70. The molecule has 2 saturated heterocycles. The minimum atomic E-state index is 0.419. The van der Waals surface area contributed by atoms with E-state index in [2.05, 4.69) is 35.8 Å². The lowest BCUT2D eigenvalue weighted by molar-refractivity contribution is 0.263. The summed E-state index contributed by atoms with van der Waals surface area (Å²) in [5.74, 6) is 1.35. The van der Waals surface area contributed by atoms with Crippen LogP contribution in [0.3, 0.4) is 0 Å². The van der Waals surface area contributed by atoms with Gasteiger partial charge in [-0.05, 0) is 39.0 Å². The first-order valence-corrected chi connectivity index (χ1v) is 6.33. The molecule has 1 spiro atoms. The summed E-state index contributed by atoms with van der Waals surface area (Å²) in [5, 5.41) is 3.70. The molecular formula is C10H20N2S. The second-order valence-electron chi connectivity index (χ2n) is 4.44. The zero-order valence-electron chi connectivity index (χ0n) is 8.68. The minimum Gasteiger partial charge on any atom is -0.302 e. The summed E-state index contributed by atoms with van der Waals surface area (Å²) >= 11 is 2.14. The maximum Gasteiger partial charge on any atom is 0.0786 e. The van der Waals surface area contributed by atoms with Crippen molar-refractivity contribution < 1.29 is 0 Å². The van der Waals surface area contributed by atoms with E-state index in [1.807, 2.05) is 0 Å². The van der Waals surface area contributed by atoms with Gasteiger partial charge in [0.25, 0.3) is 0 Å². The van der Waals surface area contributed by atoms with E-state index in [0.29, 0.717) is 10.9 Å². The maximum absolute atomic E-state index is 3.70. The van der Waals surface area contributed by atoms with Crippen LogP contribution in [0.5, 0.6) is 0 Å². The van der Waals surface area contributed by atoms with Crippen molar-refractivity contribution in [3.05, 3.63) is 0 Å². The molecule has 0 bridgehead atoms. The fourth-order valence-electron chi connectivity index (χ4n) is 2.22. The average molecular weight is 200 g/mol. The van der Waals surface area contributed by atoms with Crippen LogP contribution in [0.1, 0.15) is 26.7 Å². The zero-order valence-corrected chi connectivity index (χ0v) is 9.49. The molecule has 2 aliphatic heterocycles. The van der Waals surface area contributed by atoms with Gasteiger partial charge in [0.15, 0.2) is 0 Å². The van der Waals surface area contributed by atoms with Crippen LogP contribution >= 0.6 is 11.8 Å². The van der Waals surface area contributed by atoms with Gasteiger partial charge in [-0.2, -0.15) is 0 Å². The summed E-state index contributed by atoms with van der Waals surface area (Å²) in [6, 6.07) is 0.712. The van der Waals surface area contributed by atoms with Crippen molar-refractivity contribution >= 4 is 11.8 Å². The Kier molecular flexibility index (Phi) is 2.86. The predicted molar refractivity (Wildman–Crippen MR) is 59.1 cm³/mol. The minimum absolute atomic E-state index is 0.419. The molecule has 1 atom stereocenters. The van der Waals surface area contributed by atoms with Crippen LogP contribution in [-0.2, 0) is 0 Å². The second kappa shape index (κ2) is 3.79. The van der Waals surface area contributed by atoms with Crippen molar-refractivity contribution in [2.75, 3.05) is 25.4 Å². The Bertz CT molecular complexity index is 176. The molecule has 2 nitrogen and oxygen atoms in total. The Morgan fingerprint density at radius 1 is 1.46 bits per heavy atom. The van der Waals surface area contributed by atoms with Gasteiger partial charge in [0.2, 0.25) is 0 Å². The van der Waals surface area contributed by atoms with Gasteiger partial charge in [-0.3, -0.25) is 4.90 Å². The number of hydrogen-bond donors (Lipinski definition) is 1. The highest BCUT2D eigenvalue weighted by Crippen LogP contribution is 2.36. The van der Waals surface area contributed by atoms with Crippen LogP contribution in [0, 0.1) is 0 Å². The standard InChI is InChI=1S/C10H20N2S/c1-9(2)12-6-4-10(8-12)11-5-3-7-13-10/h9,11H,3-8H2,1-2H3. The number of rotatable bonds is 1. The molecule has 0 aromatic heterocycles. The van der Waals surface area contributed by atoms with Crippen molar-refractivity contribution in [1.29, 1.82) is 0 Å². The molecule has 0 aromatic rings. The summed E-state index contributed by atoms with van der Waals surface area (Å²) in [7, 11) is 0. The molecule has 1 N–H and O–H groups in total. The molecule has 0 radical (unpaired) electrons. The Morgan fingerprint density at radius 2 is 2.31 bits per heavy atom. The predicted octanol–water partition coefficient (Wildman–Crippen LogP) is 1.52. The SMILES string of the molecule is CC(C)N1CCC2(C1)NCCCS2. The third-order valence-corrected chi connectivity index (χ3v) is 4.66. The van der Waals surface area contributed by atoms with Crippen LogP contribution in [-0.4, -0.2) is 41.2 Å². The summed E-state index contributed by atoms with van der Waals surface area (Å²) < 4.78 is 0. The molecule has 2 aliphatic rings. The van der Waals surface area contributed by atoms with Crippen molar-refractivity contribution in [2.24, 2.45) is 0 Å². The highest BCUT2D eigenvalue weighted by atomic mass is 32.2. The smallest absolute Gasteiger partial charge is 0.0786 e. The van der Waals surface area contributed by atoms with Crippen LogP contribution in [0.15, 0.2) is 0 Å². The quantitative estimate of drug-likeness (QED) is 0.691. The van der Waals surface area contributed by atoms with Gasteiger partial charge in [-0.25, -0.2) is 0 Å². The molecule has 2 heterocycles. The van der Waals surface area contributed by atoms with E-state index in [-0.39, 0.29) is 0 Å². The van der Waals surface area contributed by atoms with Crippen molar-refractivity contribution in [3.63, 3.8) is 0 Å². The van der Waals surface area contributed by atoms with E-state index >= 15 is 0 Å². The highest BCUT2D eigenvalue weighted by molar-refractivity contribution is 8.00. The van der Waals surface area contributed by atoms with Gasteiger partial charge in [-0.1, -0.05) is 0 Å². The van der Waals surface area contributed by atoms with Gasteiger partial charge >= 0.3 is 0 Å². The molecule has 76 valence electrons. The molecule has 0 aliphatic carbocycles. The number of hydrogen-bond acceptors (Lipinski definition) is 3. The van der Waals surface area contributed by atoms with Crippen LogP contribution in [0.2, 0.25) is 0 Å². The largest absolute Gasteiger partial charge is 0.302 e. The fraction of sp³-hybridized carbons (Fsp3) is 1.00. The van der Waals surface area contributed by atoms with Crippen LogP contribution in [0.25, 0.3) is 0 Å². The lowest BCUT2D eigenvalue weighted by atomic mass is 10.2. The van der Waals surface area contributed by atoms with E-state index in [1.165, 1.54) is 38.2 Å². The summed E-state index contributed by atoms with van der Waals surface area (Å²) in [6.07, 6.45) is 2.67. The van der Waals surface area contributed by atoms with Gasteiger partial charge in [0, 0.05) is 19.1 Å². The lowest BCUT2D eigenvalue weighted by Gasteiger charge is -2.34. The first-order chi connectivity index (χ1) is 6.22. The number of nitrogens with one attached hydrogen (secondary N) is 1. The van der Waals surface area contributed by atoms with Crippen LogP contribution < -0.4 is 5.32 Å². The van der Waals surface area contributed by atoms with Crippen LogP contribution in [0.4, 0.5) is 0 Å². The van der Waals surface area contributed by atoms with E-state index < -0.39 is 0 Å². The van der Waals surface area contributed by atoms with E-state index in [4.69, 9.17) is 0 Å². The summed E-state index contributed by atoms with van der Waals surface area (Å²) in [6.45, 7) is 8.34. The number of likely N-dealkylation sites (tertiary alicyclic amines) is 1. The molecule has 0 amide bonds. The molecule has 3 heteroatoms. The Hall–Kier alpha value is 0.270. The fourth-order valence-corrected chi connectivity index (χ4v) is 3.60. The topological polar surface area (TPSA) is 15.3 Å². The molecule has 13 heavy (non-hydrogen) atoms. The highest BCUT2D eigenvalue weighted by Gasteiger charge is 2.39. The third kappa shape index (κ3) is 2.03. The molecule has 0 saturated carbocycles. The van der Waals surface area contributed by atoms with E-state index in [1.54, 1.807) is 0 Å². The molecular weight excluding hydrogens is 180 g/mol. The number of thioether (sulfide) groups is 1. The summed E-state index contributed by atoms with van der Waals surface area (Å²) in [4.78, 5) is 3.01. The monoisotopic (exact) mass is 200 g/mol. The molecule has 0 aromatic carbocycles. The van der Waals surface area contributed by atoms with Crippen molar-refractivity contribution in [1.82, 2.24) is 10.2 Å². The second-order valence-corrected chi connectivity index (χ2v) is 5.92. The molecule has 2 fully saturated rings. The number of nitrogens with zero attached hydrogens (tertiary/aromatic N) is 1. The molecule has 2 rings (SSSR count). The average Bonchev–Trinajstić information content (AvgIpc) is 2.51. The normalized spacial score (nSPS) is 36.2. The Balaban J connectivity index is 1.94. The third-order valence-electron chi connectivity index (χ3n) is 3.14. The summed E-state index contributed by atoms with van der Waals surface area (Å²) in [5.41, 5.74) is 0. The van der Waals surface area contributed by atoms with E-state index in [0.717, 1.165) is 0 Å². The van der Waals surface area contributed by atoms with Gasteiger partial charge in [-0.15, -0.1) is 11.8 Å². The van der Waals surface area contributed by atoms with E-state index in [9.17, 15) is 0 Å². The zero-order chi connectivity index (χ0) is 9.31. The Labute approximate surface area is 85.4 Å². The first kappa shape index (κ1) is 9.81. The lowest BCUT2D eigenvalue weighted by Crippen LogP contribution is -2.48. The Morgan fingerprint density at radius 3 is 2.85 bits per heavy atom. The van der Waals surface area contributed by atoms with Gasteiger partial charge < -0.3 is 5.32 Å².